The Hall–Kier alpha value is -2.07. The van der Waals surface area contributed by atoms with E-state index in [0.29, 0.717) is 6.61 Å². The van der Waals surface area contributed by atoms with Crippen LogP contribution in [0.25, 0.3) is 0 Å². The summed E-state index contributed by atoms with van der Waals surface area (Å²) in [6.45, 7) is 4.65. The molecule has 4 heteroatoms. The molecule has 1 aromatic heterocycles. The molecule has 0 spiro atoms. The highest BCUT2D eigenvalue weighted by atomic mass is 16.5. The molecule has 0 atom stereocenters. The van der Waals surface area contributed by atoms with Crippen molar-refractivity contribution >= 4 is 5.69 Å². The van der Waals surface area contributed by atoms with Crippen molar-refractivity contribution in [2.75, 3.05) is 31.1 Å². The van der Waals surface area contributed by atoms with Gasteiger partial charge < -0.3 is 15.0 Å². The van der Waals surface area contributed by atoms with Crippen molar-refractivity contribution in [3.8, 4) is 5.75 Å². The van der Waals surface area contributed by atoms with E-state index in [9.17, 15) is 0 Å². The molecule has 0 saturated carbocycles. The van der Waals surface area contributed by atoms with Gasteiger partial charge in [0.05, 0.1) is 11.9 Å². The van der Waals surface area contributed by atoms with Gasteiger partial charge >= 0.3 is 0 Å². The van der Waals surface area contributed by atoms with Crippen LogP contribution >= 0.6 is 0 Å². The summed E-state index contributed by atoms with van der Waals surface area (Å²) in [4.78, 5) is 6.63. The Morgan fingerprint density at radius 2 is 1.90 bits per heavy atom. The number of para-hydroxylation sites is 1. The van der Waals surface area contributed by atoms with Crippen LogP contribution < -0.4 is 15.0 Å². The van der Waals surface area contributed by atoms with Crippen LogP contribution in [-0.4, -0.2) is 31.2 Å². The average molecular weight is 269 g/mol. The lowest BCUT2D eigenvalue weighted by Crippen LogP contribution is -2.44. The number of ether oxygens (including phenoxy) is 1. The highest BCUT2D eigenvalue weighted by Gasteiger charge is 2.14. The third-order valence-corrected chi connectivity index (χ3v) is 3.48. The van der Waals surface area contributed by atoms with Crippen molar-refractivity contribution in [3.05, 3.63) is 54.4 Å². The van der Waals surface area contributed by atoms with Gasteiger partial charge in [0, 0.05) is 37.9 Å². The smallest absolute Gasteiger partial charge is 0.119 e. The number of nitrogens with zero attached hydrogens (tertiary/aromatic N) is 2. The van der Waals surface area contributed by atoms with Gasteiger partial charge in [-0.05, 0) is 18.2 Å². The summed E-state index contributed by atoms with van der Waals surface area (Å²) in [7, 11) is 0. The van der Waals surface area contributed by atoms with Gasteiger partial charge in [0.25, 0.3) is 0 Å². The molecular weight excluding hydrogens is 250 g/mol. The number of rotatable bonds is 4. The molecule has 1 aromatic carbocycles. The Balaban J connectivity index is 1.72. The Bertz CT molecular complexity index is 538. The van der Waals surface area contributed by atoms with Crippen LogP contribution in [-0.2, 0) is 6.61 Å². The molecule has 2 aromatic rings. The Morgan fingerprint density at radius 3 is 2.70 bits per heavy atom. The van der Waals surface area contributed by atoms with E-state index in [1.54, 1.807) is 0 Å². The second-order valence-electron chi connectivity index (χ2n) is 4.84. The van der Waals surface area contributed by atoms with E-state index >= 15 is 0 Å². The lowest BCUT2D eigenvalue weighted by Gasteiger charge is -2.30. The van der Waals surface area contributed by atoms with E-state index in [0.717, 1.165) is 31.9 Å². The molecule has 2 heterocycles. The van der Waals surface area contributed by atoms with Gasteiger partial charge in [0.15, 0.2) is 0 Å². The van der Waals surface area contributed by atoms with Crippen LogP contribution in [0.1, 0.15) is 5.56 Å². The van der Waals surface area contributed by atoms with Crippen molar-refractivity contribution in [2.24, 2.45) is 0 Å². The van der Waals surface area contributed by atoms with Crippen molar-refractivity contribution < 1.29 is 4.74 Å². The summed E-state index contributed by atoms with van der Waals surface area (Å²) < 4.78 is 5.85. The fourth-order valence-electron chi connectivity index (χ4n) is 2.41. The first-order valence-corrected chi connectivity index (χ1v) is 7.00. The number of nitrogens with one attached hydrogen (secondary N) is 1. The number of anilines is 1. The lowest BCUT2D eigenvalue weighted by atomic mass is 10.2. The van der Waals surface area contributed by atoms with E-state index in [1.807, 2.05) is 48.8 Å². The van der Waals surface area contributed by atoms with E-state index in [4.69, 9.17) is 4.74 Å². The SMILES string of the molecule is c1ccc(OCc2ccncc2N2CCNCC2)cc1. The molecule has 0 bridgehead atoms. The third kappa shape index (κ3) is 3.08. The first-order chi connectivity index (χ1) is 9.93. The molecule has 0 unspecified atom stereocenters. The average Bonchev–Trinajstić information content (AvgIpc) is 2.55. The van der Waals surface area contributed by atoms with Gasteiger partial charge in [-0.15, -0.1) is 0 Å². The van der Waals surface area contributed by atoms with Crippen LogP contribution in [0, 0.1) is 0 Å². The third-order valence-electron chi connectivity index (χ3n) is 3.48. The fourth-order valence-corrected chi connectivity index (χ4v) is 2.41. The van der Waals surface area contributed by atoms with Crippen LogP contribution in [0.5, 0.6) is 5.75 Å². The normalized spacial score (nSPS) is 15.1. The summed E-state index contributed by atoms with van der Waals surface area (Å²) in [5.74, 6) is 0.899. The maximum atomic E-state index is 5.85. The Labute approximate surface area is 119 Å². The van der Waals surface area contributed by atoms with Gasteiger partial charge in [0.2, 0.25) is 0 Å². The maximum Gasteiger partial charge on any atom is 0.119 e. The first-order valence-electron chi connectivity index (χ1n) is 7.00. The van der Waals surface area contributed by atoms with Gasteiger partial charge in [-0.2, -0.15) is 0 Å². The minimum absolute atomic E-state index is 0.575. The molecule has 1 fully saturated rings. The lowest BCUT2D eigenvalue weighted by molar-refractivity contribution is 0.306. The fraction of sp³-hybridized carbons (Fsp3) is 0.312. The van der Waals surface area contributed by atoms with Crippen molar-refractivity contribution in [1.29, 1.82) is 0 Å². The van der Waals surface area contributed by atoms with Crippen LogP contribution in [0.2, 0.25) is 0 Å². The molecular formula is C16H19N3O. The molecule has 20 heavy (non-hydrogen) atoms. The zero-order chi connectivity index (χ0) is 13.6. The molecule has 104 valence electrons. The molecule has 3 rings (SSSR count). The van der Waals surface area contributed by atoms with Gasteiger partial charge in [0.1, 0.15) is 12.4 Å². The van der Waals surface area contributed by atoms with Crippen molar-refractivity contribution in [1.82, 2.24) is 10.3 Å². The predicted molar refractivity (Wildman–Crippen MR) is 80.1 cm³/mol. The summed E-state index contributed by atoms with van der Waals surface area (Å²) >= 11 is 0. The quantitative estimate of drug-likeness (QED) is 0.922. The van der Waals surface area contributed by atoms with Gasteiger partial charge in [-0.3, -0.25) is 4.98 Å². The molecule has 1 aliphatic rings. The summed E-state index contributed by atoms with van der Waals surface area (Å²) in [6, 6.07) is 12.0. The van der Waals surface area contributed by atoms with Gasteiger partial charge in [-0.1, -0.05) is 18.2 Å². The second kappa shape index (κ2) is 6.39. The molecule has 1 N–H and O–H groups in total. The topological polar surface area (TPSA) is 37.4 Å². The second-order valence-corrected chi connectivity index (χ2v) is 4.84. The maximum absolute atomic E-state index is 5.85. The first kappa shape index (κ1) is 12.9. The van der Waals surface area contributed by atoms with E-state index in [1.165, 1.54) is 11.3 Å². The Morgan fingerprint density at radius 1 is 1.10 bits per heavy atom. The predicted octanol–water partition coefficient (Wildman–Crippen LogP) is 2.07. The minimum atomic E-state index is 0.575. The number of piperazine rings is 1. The number of aromatic nitrogens is 1. The summed E-state index contributed by atoms with van der Waals surface area (Å²) in [6.07, 6.45) is 3.77. The molecule has 0 aliphatic carbocycles. The van der Waals surface area contributed by atoms with Crippen molar-refractivity contribution in [3.63, 3.8) is 0 Å². The van der Waals surface area contributed by atoms with Crippen LogP contribution in [0.3, 0.4) is 0 Å². The number of pyridine rings is 1. The number of hydrogen-bond donors (Lipinski definition) is 1. The zero-order valence-electron chi connectivity index (χ0n) is 11.5. The largest absolute Gasteiger partial charge is 0.489 e. The molecule has 4 nitrogen and oxygen atoms in total. The van der Waals surface area contributed by atoms with Crippen LogP contribution in [0.15, 0.2) is 48.8 Å². The Kier molecular flexibility index (Phi) is 4.13. The number of hydrogen-bond acceptors (Lipinski definition) is 4. The van der Waals surface area contributed by atoms with E-state index in [-0.39, 0.29) is 0 Å². The van der Waals surface area contributed by atoms with E-state index in [2.05, 4.69) is 15.2 Å². The van der Waals surface area contributed by atoms with Crippen LogP contribution in [0.4, 0.5) is 5.69 Å². The molecule has 0 amide bonds. The zero-order valence-corrected chi connectivity index (χ0v) is 11.5. The monoisotopic (exact) mass is 269 g/mol. The number of benzene rings is 1. The summed E-state index contributed by atoms with van der Waals surface area (Å²) in [5, 5.41) is 3.37. The van der Waals surface area contributed by atoms with Gasteiger partial charge in [-0.25, -0.2) is 0 Å². The minimum Gasteiger partial charge on any atom is -0.489 e. The highest BCUT2D eigenvalue weighted by molar-refractivity contribution is 5.52. The standard InChI is InChI=1S/C16H19N3O/c1-2-4-15(5-3-1)20-13-14-6-7-18-12-16(14)19-10-8-17-9-11-19/h1-7,12,17H,8-11,13H2. The molecule has 1 aliphatic heterocycles. The molecule has 0 radical (unpaired) electrons. The summed E-state index contributed by atoms with van der Waals surface area (Å²) in [5.41, 5.74) is 2.37. The molecule has 1 saturated heterocycles. The highest BCUT2D eigenvalue weighted by Crippen LogP contribution is 2.21. The van der Waals surface area contributed by atoms with E-state index < -0.39 is 0 Å². The van der Waals surface area contributed by atoms with Crippen molar-refractivity contribution in [2.45, 2.75) is 6.61 Å².